The van der Waals surface area contributed by atoms with Crippen LogP contribution in [0.5, 0.6) is 0 Å². The summed E-state index contributed by atoms with van der Waals surface area (Å²) in [7, 11) is 0. The first-order valence-electron chi connectivity index (χ1n) is 36.8. The van der Waals surface area contributed by atoms with Gasteiger partial charge in [0.25, 0.3) is 0 Å². The van der Waals surface area contributed by atoms with Crippen LogP contribution in [0.2, 0.25) is 0 Å². The quantitative estimate of drug-likeness (QED) is 0.0514. The maximum Gasteiger partial charge on any atom is 3.00 e. The fraction of sp³-hybridized carbons (Fsp3) is 0. The third-order valence-corrected chi connectivity index (χ3v) is 14.0. The van der Waals surface area contributed by atoms with E-state index in [0.717, 1.165) is 92.0 Å². The van der Waals surface area contributed by atoms with Gasteiger partial charge in [0.1, 0.15) is 0 Å². The van der Waals surface area contributed by atoms with E-state index in [1.54, 1.807) is 49.6 Å². The Morgan fingerprint density at radius 1 is 0.145 bits per heavy atom. The van der Waals surface area contributed by atoms with Crippen LogP contribution < -0.4 is 0 Å². The van der Waals surface area contributed by atoms with Crippen molar-refractivity contribution in [3.8, 4) is 82.9 Å². The summed E-state index contributed by atoms with van der Waals surface area (Å²) in [6.45, 7) is 0. The molecule has 0 saturated carbocycles. The summed E-state index contributed by atoms with van der Waals surface area (Å²) in [6, 6.07) is 124. The topological polar surface area (TPSA) is 216 Å². The minimum atomic E-state index is 0. The second kappa shape index (κ2) is 67.3. The van der Waals surface area contributed by atoms with Gasteiger partial charge in [-0.2, -0.15) is 0 Å². The third-order valence-electron chi connectivity index (χ3n) is 14.0. The molecule has 0 fully saturated rings. The molecule has 0 aliphatic rings. The average molecular weight is 1950 g/mol. The molecule has 600 valence electrons. The van der Waals surface area contributed by atoms with Crippen LogP contribution in [0.4, 0.5) is 92.0 Å². The summed E-state index contributed by atoms with van der Waals surface area (Å²) in [6.07, 6.45) is 26.8. The number of benzene rings is 8. The van der Waals surface area contributed by atoms with E-state index in [1.807, 2.05) is 400 Å². The van der Waals surface area contributed by atoms with Crippen LogP contribution in [0.1, 0.15) is 0 Å². The summed E-state index contributed by atoms with van der Waals surface area (Å²) >= 11 is 0. The first-order chi connectivity index (χ1) is 59.5. The van der Waals surface area contributed by atoms with Crippen molar-refractivity contribution in [2.24, 2.45) is 0 Å². The standard InChI is InChI=1S/C16.8C11H9N2.4Ru/c1-3-5-7-9-11-13-15-16-14-12-10-8-6-4-2;8*1-2-6-10(7-3-1)13-11-8-4-5-9-12-11;;;;/h;8*1-9H;;;;/q-2;8*-1;2*+2;2*+3. The Balaban J connectivity index is 0.000000292. The SMILES string of the molecule is [C-]#CC#CC#CC#CC#CC#CC#CC#[C-].[Ru+2].[Ru+2].[Ru+3].[Ru+3].c1ccc([N-]c2ccccn2)cc1.c1ccc([N-]c2ccccn2)cc1.c1ccc([N-]c2ccccn2)cc1.c1ccc([N-]c2ccccn2)cc1.c1ccc([N-]c2ccccn2)cc1.c1ccc([N-]c2ccccn2)cc1.c1ccc([N-]c2ccccn2)cc1.c1ccc([N-]c2ccccn2)cc1. The molecule has 0 N–H and O–H groups in total. The first kappa shape index (κ1) is 101. The molecule has 0 atom stereocenters. The summed E-state index contributed by atoms with van der Waals surface area (Å²) in [5, 5.41) is 34.6. The molecule has 0 bridgehead atoms. The number of pyridine rings is 8. The van der Waals surface area contributed by atoms with Crippen LogP contribution in [0.25, 0.3) is 42.5 Å². The minimum Gasteiger partial charge on any atom is -0.443 e. The van der Waals surface area contributed by atoms with Gasteiger partial charge < -0.3 is 95.3 Å². The molecule has 0 saturated heterocycles. The number of aromatic nitrogens is 8. The largest absolute Gasteiger partial charge is 3.00 e. The van der Waals surface area contributed by atoms with Gasteiger partial charge >= 0.3 is 77.9 Å². The normalized spacial score (nSPS) is 8.47. The number of hydrogen-bond acceptors (Lipinski definition) is 8. The van der Waals surface area contributed by atoms with E-state index in [9.17, 15) is 0 Å². The molecular weight excluding hydrogens is 1880 g/mol. The van der Waals surface area contributed by atoms with Gasteiger partial charge in [0.05, 0.1) is 0 Å². The summed E-state index contributed by atoms with van der Waals surface area (Å²) < 4.78 is 0. The molecule has 2 radical (unpaired) electrons. The van der Waals surface area contributed by atoms with E-state index in [1.165, 1.54) is 0 Å². The molecule has 0 aliphatic carbocycles. The molecule has 16 rings (SSSR count). The first-order valence-corrected chi connectivity index (χ1v) is 36.8. The van der Waals surface area contributed by atoms with E-state index >= 15 is 0 Å². The van der Waals surface area contributed by atoms with Crippen LogP contribution in [-0.2, 0) is 77.9 Å². The molecule has 8 heterocycles. The van der Waals surface area contributed by atoms with E-state index in [2.05, 4.69) is 153 Å². The van der Waals surface area contributed by atoms with Crippen molar-refractivity contribution in [2.45, 2.75) is 0 Å². The number of rotatable bonds is 16. The average Bonchev–Trinajstić information content (AvgIpc) is 0.953. The second-order valence-electron chi connectivity index (χ2n) is 22.8. The number of hydrogen-bond donors (Lipinski definition) is 0. The Morgan fingerprint density at radius 2 is 0.250 bits per heavy atom. The molecule has 124 heavy (non-hydrogen) atoms. The predicted molar refractivity (Wildman–Crippen MR) is 488 cm³/mol. The summed E-state index contributed by atoms with van der Waals surface area (Å²) in [4.78, 5) is 32.9. The molecule has 16 aromatic rings. The van der Waals surface area contributed by atoms with Gasteiger partial charge in [-0.3, -0.25) is 11.8 Å². The molecule has 16 nitrogen and oxygen atoms in total. The maximum atomic E-state index is 6.45. The summed E-state index contributed by atoms with van der Waals surface area (Å²) in [5.74, 6) is 38.1. The molecule has 20 heteroatoms. The van der Waals surface area contributed by atoms with Gasteiger partial charge in [0, 0.05) is 0 Å². The van der Waals surface area contributed by atoms with Gasteiger partial charge in [-0.25, -0.2) is 11.8 Å². The zero-order chi connectivity index (χ0) is 83.4. The zero-order valence-electron chi connectivity index (χ0n) is 66.1. The Morgan fingerprint density at radius 3 is 0.347 bits per heavy atom. The van der Waals surface area contributed by atoms with Crippen LogP contribution in [0.3, 0.4) is 0 Å². The Labute approximate surface area is 779 Å². The van der Waals surface area contributed by atoms with Crippen LogP contribution in [-0.4, -0.2) is 39.9 Å². The molecule has 0 unspecified atom stereocenters. The van der Waals surface area contributed by atoms with E-state index in [0.29, 0.717) is 0 Å². The van der Waals surface area contributed by atoms with Gasteiger partial charge in [-0.05, 0) is 92.9 Å². The minimum absolute atomic E-state index is 0. The zero-order valence-corrected chi connectivity index (χ0v) is 73.1. The smallest absolute Gasteiger partial charge is 0.443 e. The van der Waals surface area contributed by atoms with Crippen molar-refractivity contribution in [2.75, 3.05) is 0 Å². The van der Waals surface area contributed by atoms with E-state index in [4.69, 9.17) is 12.8 Å². The fourth-order valence-corrected chi connectivity index (χ4v) is 8.81. The van der Waals surface area contributed by atoms with E-state index < -0.39 is 0 Å². The van der Waals surface area contributed by atoms with Crippen molar-refractivity contribution < 1.29 is 77.9 Å². The Hall–Kier alpha value is -15.7. The summed E-state index contributed by atoms with van der Waals surface area (Å²) in [5.41, 5.74) is 7.45. The van der Waals surface area contributed by atoms with Crippen LogP contribution in [0.15, 0.2) is 438 Å². The van der Waals surface area contributed by atoms with Crippen molar-refractivity contribution in [1.82, 2.24) is 39.9 Å². The van der Waals surface area contributed by atoms with Crippen molar-refractivity contribution in [3.05, 3.63) is 493 Å². The molecule has 8 aromatic heterocycles. The maximum absolute atomic E-state index is 6.45. The molecule has 8 aromatic carbocycles. The molecular formula is C104H72N16Ru4. The predicted octanol–water partition coefficient (Wildman–Crippen LogP) is 27.5. The van der Waals surface area contributed by atoms with Crippen molar-refractivity contribution in [1.29, 1.82) is 0 Å². The van der Waals surface area contributed by atoms with Gasteiger partial charge in [-0.1, -0.05) is 484 Å². The third kappa shape index (κ3) is 47.7. The van der Waals surface area contributed by atoms with Crippen LogP contribution >= 0.6 is 0 Å². The Bertz CT molecular complexity index is 4630. The van der Waals surface area contributed by atoms with Crippen molar-refractivity contribution >= 4 is 92.0 Å². The number of nitrogens with zero attached hydrogens (tertiary/aromatic N) is 16. The molecule has 0 aliphatic heterocycles. The monoisotopic (exact) mass is 1950 g/mol. The number of para-hydroxylation sites is 8. The van der Waals surface area contributed by atoms with Gasteiger partial charge in [-0.15, -0.1) is 11.8 Å². The second-order valence-corrected chi connectivity index (χ2v) is 22.8. The molecule has 0 spiro atoms. The molecule has 0 amide bonds. The van der Waals surface area contributed by atoms with E-state index in [-0.39, 0.29) is 77.9 Å². The van der Waals surface area contributed by atoms with Gasteiger partial charge in [0.2, 0.25) is 0 Å². The fourth-order valence-electron chi connectivity index (χ4n) is 8.81. The van der Waals surface area contributed by atoms with Crippen LogP contribution in [0, 0.1) is 95.7 Å². The van der Waals surface area contributed by atoms with Crippen molar-refractivity contribution in [3.63, 3.8) is 0 Å². The Kier molecular flexibility index (Phi) is 54.6. The van der Waals surface area contributed by atoms with Gasteiger partial charge in [0.15, 0.2) is 0 Å².